The van der Waals surface area contributed by atoms with Crippen LogP contribution in [0.5, 0.6) is 0 Å². The van der Waals surface area contributed by atoms with Crippen molar-refractivity contribution in [1.29, 1.82) is 0 Å². The average molecular weight is 583 g/mol. The van der Waals surface area contributed by atoms with Gasteiger partial charge in [-0.15, -0.1) is 0 Å². The molecule has 5 aliphatic rings. The molecule has 0 heterocycles. The fourth-order valence-electron chi connectivity index (χ4n) is 12.8. The quantitative estimate of drug-likeness (QED) is 0.332. The van der Waals surface area contributed by atoms with Gasteiger partial charge in [0.05, 0.1) is 11.0 Å². The predicted molar refractivity (Wildman–Crippen MR) is 168 cm³/mol. The zero-order valence-corrected chi connectivity index (χ0v) is 28.4. The van der Waals surface area contributed by atoms with Crippen molar-refractivity contribution in [1.82, 2.24) is 0 Å². The van der Waals surface area contributed by atoms with E-state index in [1.54, 1.807) is 12.1 Å². The lowest BCUT2D eigenvalue weighted by atomic mass is 9.32. The van der Waals surface area contributed by atoms with Gasteiger partial charge in [0.1, 0.15) is 0 Å². The van der Waals surface area contributed by atoms with Crippen molar-refractivity contribution in [2.45, 2.75) is 138 Å². The Balaban J connectivity index is 1.28. The van der Waals surface area contributed by atoms with E-state index in [4.69, 9.17) is 4.18 Å². The van der Waals surface area contributed by atoms with Crippen molar-refractivity contribution >= 4 is 10.1 Å². The minimum absolute atomic E-state index is 0.191. The molecule has 4 heteroatoms. The normalized spacial score (nSPS) is 47.3. The lowest BCUT2D eigenvalue weighted by Crippen LogP contribution is -2.66. The van der Waals surface area contributed by atoms with Crippen LogP contribution in [0.4, 0.5) is 0 Å². The molecule has 5 saturated carbocycles. The maximum atomic E-state index is 13.4. The van der Waals surface area contributed by atoms with E-state index in [2.05, 4.69) is 55.4 Å². The number of aryl methyl sites for hydroxylation is 1. The third kappa shape index (κ3) is 4.22. The van der Waals surface area contributed by atoms with E-state index < -0.39 is 10.1 Å². The summed E-state index contributed by atoms with van der Waals surface area (Å²) >= 11 is 0. The molecule has 41 heavy (non-hydrogen) atoms. The van der Waals surface area contributed by atoms with Gasteiger partial charge < -0.3 is 0 Å². The molecule has 1 aromatic rings. The van der Waals surface area contributed by atoms with Crippen molar-refractivity contribution in [2.75, 3.05) is 0 Å². The van der Waals surface area contributed by atoms with E-state index in [0.717, 1.165) is 42.1 Å². The molecule has 3 nitrogen and oxygen atoms in total. The van der Waals surface area contributed by atoms with E-state index in [-0.39, 0.29) is 21.8 Å². The largest absolute Gasteiger partial charge is 0.297 e. The standard InChI is InChI=1S/C37H58O3S/c1-24(2)27-16-19-34(6)22-23-36(8)28(32(27)34)14-15-30-35(7)20-18-31(33(4,5)29(35)17-21-37(30,36)9)40-41(38,39)26-12-10-25(3)11-13-26/h10-13,24,27-32H,14-23H2,1-9H3/t27-,28+,29-,30-,31+,32+,34-,35-,36+,37+/m0/s1. The third-order valence-electron chi connectivity index (χ3n) is 15.2. The van der Waals surface area contributed by atoms with Crippen molar-refractivity contribution in [3.05, 3.63) is 29.8 Å². The summed E-state index contributed by atoms with van der Waals surface area (Å²) < 4.78 is 32.9. The smallest absolute Gasteiger partial charge is 0.262 e. The highest BCUT2D eigenvalue weighted by Crippen LogP contribution is 2.77. The average Bonchev–Trinajstić information content (AvgIpc) is 3.24. The molecule has 0 aliphatic heterocycles. The zero-order valence-electron chi connectivity index (χ0n) is 27.6. The Kier molecular flexibility index (Phi) is 7.04. The van der Waals surface area contributed by atoms with Crippen molar-refractivity contribution < 1.29 is 12.6 Å². The number of hydrogen-bond acceptors (Lipinski definition) is 3. The molecule has 0 amide bonds. The first-order chi connectivity index (χ1) is 19.0. The summed E-state index contributed by atoms with van der Waals surface area (Å²) in [6, 6.07) is 7.11. The minimum atomic E-state index is -3.79. The Labute approximate surface area is 252 Å². The molecule has 0 N–H and O–H groups in total. The van der Waals surface area contributed by atoms with Gasteiger partial charge in [-0.3, -0.25) is 4.18 Å². The van der Waals surface area contributed by atoms with Crippen LogP contribution in [0.25, 0.3) is 0 Å². The van der Waals surface area contributed by atoms with Crippen LogP contribution in [0.15, 0.2) is 29.2 Å². The molecule has 0 radical (unpaired) electrons. The molecule has 0 unspecified atom stereocenters. The number of rotatable bonds is 4. The van der Waals surface area contributed by atoms with E-state index in [1.807, 2.05) is 19.1 Å². The van der Waals surface area contributed by atoms with Crippen LogP contribution in [0.2, 0.25) is 0 Å². The topological polar surface area (TPSA) is 43.4 Å². The maximum Gasteiger partial charge on any atom is 0.297 e. The zero-order chi connectivity index (χ0) is 29.8. The highest BCUT2D eigenvalue weighted by atomic mass is 32.2. The van der Waals surface area contributed by atoms with Crippen LogP contribution in [0, 0.1) is 69.5 Å². The number of fused-ring (bicyclic) bond motifs is 7. The molecule has 0 spiro atoms. The van der Waals surface area contributed by atoms with Crippen LogP contribution in [-0.4, -0.2) is 14.5 Å². The van der Waals surface area contributed by atoms with Gasteiger partial charge in [0.25, 0.3) is 10.1 Å². The van der Waals surface area contributed by atoms with Gasteiger partial charge in [-0.25, -0.2) is 0 Å². The van der Waals surface area contributed by atoms with Crippen LogP contribution < -0.4 is 0 Å². The molecule has 5 aliphatic carbocycles. The highest BCUT2D eigenvalue weighted by Gasteiger charge is 2.70. The van der Waals surface area contributed by atoms with Gasteiger partial charge in [-0.05, 0) is 146 Å². The molecule has 0 aromatic heterocycles. The summed E-state index contributed by atoms with van der Waals surface area (Å²) in [5.41, 5.74) is 2.39. The summed E-state index contributed by atoms with van der Waals surface area (Å²) in [5.74, 6) is 4.59. The van der Waals surface area contributed by atoms with E-state index in [1.165, 1.54) is 51.4 Å². The van der Waals surface area contributed by atoms with Crippen LogP contribution in [-0.2, 0) is 14.3 Å². The molecular weight excluding hydrogens is 524 g/mol. The molecule has 230 valence electrons. The Morgan fingerprint density at radius 1 is 0.756 bits per heavy atom. The van der Waals surface area contributed by atoms with Crippen LogP contribution in [0.1, 0.15) is 125 Å². The van der Waals surface area contributed by atoms with E-state index in [0.29, 0.717) is 28.1 Å². The molecule has 0 bridgehead atoms. The Morgan fingerprint density at radius 3 is 2.10 bits per heavy atom. The summed E-state index contributed by atoms with van der Waals surface area (Å²) in [6.45, 7) is 22.3. The van der Waals surface area contributed by atoms with Gasteiger partial charge in [0.15, 0.2) is 0 Å². The van der Waals surface area contributed by atoms with Crippen molar-refractivity contribution in [3.8, 4) is 0 Å². The molecule has 0 saturated heterocycles. The highest BCUT2D eigenvalue weighted by molar-refractivity contribution is 7.86. The SMILES string of the molecule is Cc1ccc(S(=O)(=O)O[C@@H]2CC[C@@]3(C)[C@@H](CC[C@]4(C)[C@H]3CC[C@@H]3[C@H]5[C@H](C(C)C)CC[C@@]5(C)CC[C@]34C)C2(C)C)cc1. The monoisotopic (exact) mass is 582 g/mol. The second-order valence-electron chi connectivity index (χ2n) is 17.5. The third-order valence-corrected chi connectivity index (χ3v) is 16.6. The second kappa shape index (κ2) is 9.56. The lowest BCUT2D eigenvalue weighted by molar-refractivity contribution is -0.246. The Hall–Kier alpha value is -0.870. The van der Waals surface area contributed by atoms with Gasteiger partial charge in [0, 0.05) is 0 Å². The first kappa shape index (κ1) is 30.2. The van der Waals surface area contributed by atoms with Crippen molar-refractivity contribution in [3.63, 3.8) is 0 Å². The van der Waals surface area contributed by atoms with Gasteiger partial charge in [-0.1, -0.05) is 73.1 Å². The summed E-state index contributed by atoms with van der Waals surface area (Å²) in [7, 11) is -3.79. The van der Waals surface area contributed by atoms with Gasteiger partial charge in [-0.2, -0.15) is 8.42 Å². The fraction of sp³-hybridized carbons (Fsp3) is 0.838. The second-order valence-corrected chi connectivity index (χ2v) is 19.1. The maximum absolute atomic E-state index is 13.4. The Bertz CT molecular complexity index is 1270. The van der Waals surface area contributed by atoms with E-state index in [9.17, 15) is 8.42 Å². The Morgan fingerprint density at radius 2 is 1.44 bits per heavy atom. The van der Waals surface area contributed by atoms with Gasteiger partial charge in [0.2, 0.25) is 0 Å². The predicted octanol–water partition coefficient (Wildman–Crippen LogP) is 9.83. The summed E-state index contributed by atoms with van der Waals surface area (Å²) in [4.78, 5) is 0.283. The first-order valence-corrected chi connectivity index (χ1v) is 18.4. The minimum Gasteiger partial charge on any atom is -0.262 e. The molecule has 5 fully saturated rings. The molecule has 10 atom stereocenters. The fourth-order valence-corrected chi connectivity index (χ4v) is 14.0. The van der Waals surface area contributed by atoms with Crippen LogP contribution in [0.3, 0.4) is 0 Å². The lowest BCUT2D eigenvalue weighted by Gasteiger charge is -2.73. The van der Waals surface area contributed by atoms with Crippen molar-refractivity contribution in [2.24, 2.45) is 62.6 Å². The molecule has 6 rings (SSSR count). The molecular formula is C37H58O3S. The number of benzene rings is 1. The first-order valence-electron chi connectivity index (χ1n) is 17.0. The van der Waals surface area contributed by atoms with Crippen LogP contribution >= 0.6 is 0 Å². The van der Waals surface area contributed by atoms with E-state index >= 15 is 0 Å². The van der Waals surface area contributed by atoms with Gasteiger partial charge >= 0.3 is 0 Å². The number of hydrogen-bond donors (Lipinski definition) is 0. The molecule has 1 aromatic carbocycles. The summed E-state index contributed by atoms with van der Waals surface area (Å²) in [5, 5.41) is 0. The summed E-state index contributed by atoms with van der Waals surface area (Å²) in [6.07, 6.45) is 12.5.